The van der Waals surface area contributed by atoms with E-state index in [9.17, 15) is 4.79 Å². The first-order valence-electron chi connectivity index (χ1n) is 6.02. The lowest BCUT2D eigenvalue weighted by atomic mass is 10.2. The molecule has 1 atom stereocenters. The monoisotopic (exact) mass is 275 g/mol. The molecule has 2 aromatic rings. The maximum absolute atomic E-state index is 11.9. The fourth-order valence-electron chi connectivity index (χ4n) is 1.79. The molecule has 0 spiro atoms. The second kappa shape index (κ2) is 5.87. The quantitative estimate of drug-likeness (QED) is 0.840. The van der Waals surface area contributed by atoms with E-state index in [1.807, 2.05) is 6.92 Å². The number of H-pyrrole nitrogens is 1. The van der Waals surface area contributed by atoms with E-state index in [4.69, 9.17) is 18.0 Å². The summed E-state index contributed by atoms with van der Waals surface area (Å²) in [6, 6.07) is 4.98. The summed E-state index contributed by atoms with van der Waals surface area (Å²) in [5.74, 6) is 3.18. The van der Waals surface area contributed by atoms with E-state index < -0.39 is 0 Å². The molecule has 0 aliphatic rings. The predicted molar refractivity (Wildman–Crippen MR) is 77.1 cm³/mol. The van der Waals surface area contributed by atoms with E-state index in [-0.39, 0.29) is 11.6 Å². The molecule has 1 unspecified atom stereocenters. The van der Waals surface area contributed by atoms with Crippen molar-refractivity contribution in [1.82, 2.24) is 15.3 Å². The topological polar surface area (TPSA) is 57.8 Å². The maximum Gasteiger partial charge on any atom is 0.258 e. The molecule has 0 radical (unpaired) electrons. The molecule has 19 heavy (non-hydrogen) atoms. The van der Waals surface area contributed by atoms with E-state index in [1.165, 1.54) is 0 Å². The van der Waals surface area contributed by atoms with E-state index >= 15 is 0 Å². The molecule has 1 aromatic carbocycles. The third kappa shape index (κ3) is 3.14. The van der Waals surface area contributed by atoms with Gasteiger partial charge in [-0.25, -0.2) is 4.98 Å². The van der Waals surface area contributed by atoms with E-state index in [0.717, 1.165) is 6.42 Å². The Hall–Kier alpha value is -1.83. The van der Waals surface area contributed by atoms with Gasteiger partial charge in [-0.1, -0.05) is 24.4 Å². The van der Waals surface area contributed by atoms with Gasteiger partial charge >= 0.3 is 0 Å². The van der Waals surface area contributed by atoms with Crippen LogP contribution in [0.15, 0.2) is 23.0 Å². The Morgan fingerprint density at radius 2 is 2.37 bits per heavy atom. The summed E-state index contributed by atoms with van der Waals surface area (Å²) in [6.45, 7) is 2.41. The highest BCUT2D eigenvalue weighted by Gasteiger charge is 2.06. The number of rotatable bonds is 4. The lowest BCUT2D eigenvalue weighted by Crippen LogP contribution is -2.28. The van der Waals surface area contributed by atoms with Crippen LogP contribution in [0.25, 0.3) is 10.9 Å². The number of aromatic nitrogens is 2. The van der Waals surface area contributed by atoms with Gasteiger partial charge in [-0.3, -0.25) is 10.1 Å². The van der Waals surface area contributed by atoms with Crippen LogP contribution in [-0.2, 0) is 6.54 Å². The third-order valence-electron chi connectivity index (χ3n) is 2.84. The second-order valence-electron chi connectivity index (χ2n) is 4.18. The lowest BCUT2D eigenvalue weighted by molar-refractivity contribution is 0.577. The van der Waals surface area contributed by atoms with Crippen molar-refractivity contribution in [2.75, 3.05) is 0 Å². The number of nitrogens with zero attached hydrogens (tertiary/aromatic N) is 1. The van der Waals surface area contributed by atoms with Gasteiger partial charge in [0.1, 0.15) is 5.82 Å². The zero-order chi connectivity index (χ0) is 13.8. The Balaban J connectivity index is 2.30. The Kier molecular flexibility index (Phi) is 4.20. The molecule has 4 nitrogen and oxygen atoms in total. The fourth-order valence-corrected chi connectivity index (χ4v) is 1.95. The predicted octanol–water partition coefficient (Wildman–Crippen LogP) is 2.08. The number of hydrogen-bond donors (Lipinski definition) is 2. The summed E-state index contributed by atoms with van der Waals surface area (Å²) in [4.78, 5) is 19.0. The SMILES string of the molecule is C#CC(CC)NCc1nc2cc(Cl)ccc2c(=O)[nH]1. The molecule has 0 aliphatic heterocycles. The van der Waals surface area contributed by atoms with E-state index in [0.29, 0.717) is 28.3 Å². The van der Waals surface area contributed by atoms with Crippen molar-refractivity contribution in [3.8, 4) is 12.3 Å². The van der Waals surface area contributed by atoms with Crippen LogP contribution in [0.2, 0.25) is 5.02 Å². The van der Waals surface area contributed by atoms with Crippen LogP contribution in [0.3, 0.4) is 0 Å². The molecule has 1 aromatic heterocycles. The minimum atomic E-state index is -0.174. The highest BCUT2D eigenvalue weighted by atomic mass is 35.5. The summed E-state index contributed by atoms with van der Waals surface area (Å²) in [5.41, 5.74) is 0.411. The van der Waals surface area contributed by atoms with Gasteiger partial charge in [0.15, 0.2) is 0 Å². The van der Waals surface area contributed by atoms with Crippen LogP contribution in [0, 0.1) is 12.3 Å². The van der Waals surface area contributed by atoms with Gasteiger partial charge in [-0.2, -0.15) is 0 Å². The number of hydrogen-bond acceptors (Lipinski definition) is 3. The Morgan fingerprint density at radius 3 is 3.05 bits per heavy atom. The van der Waals surface area contributed by atoms with Crippen LogP contribution >= 0.6 is 11.6 Å². The van der Waals surface area contributed by atoms with Crippen LogP contribution in [-0.4, -0.2) is 16.0 Å². The average Bonchev–Trinajstić information content (AvgIpc) is 2.39. The molecule has 0 amide bonds. The standard InChI is InChI=1S/C14H14ClN3O/c1-3-10(4-2)16-8-13-17-12-7-9(15)5-6-11(12)14(19)18-13/h1,5-7,10,16H,4,8H2,2H3,(H,17,18,19). The van der Waals surface area contributed by atoms with Gasteiger partial charge in [0, 0.05) is 5.02 Å². The Labute approximate surface area is 116 Å². The second-order valence-corrected chi connectivity index (χ2v) is 4.62. The fraction of sp³-hybridized carbons (Fsp3) is 0.286. The maximum atomic E-state index is 11.9. The van der Waals surface area contributed by atoms with Crippen molar-refractivity contribution in [2.24, 2.45) is 0 Å². The number of terminal acetylenes is 1. The molecule has 0 aliphatic carbocycles. The molecule has 2 N–H and O–H groups in total. The van der Waals surface area contributed by atoms with Gasteiger partial charge < -0.3 is 4.98 Å². The molecule has 98 valence electrons. The van der Waals surface area contributed by atoms with Crippen LogP contribution in [0.1, 0.15) is 19.2 Å². The minimum Gasteiger partial charge on any atom is -0.309 e. The molecule has 0 fully saturated rings. The molecule has 0 saturated heterocycles. The number of benzene rings is 1. The highest BCUT2D eigenvalue weighted by Crippen LogP contribution is 2.14. The summed E-state index contributed by atoms with van der Waals surface area (Å²) < 4.78 is 0. The van der Waals surface area contributed by atoms with Crippen molar-refractivity contribution in [3.05, 3.63) is 39.4 Å². The molecule has 5 heteroatoms. The summed E-state index contributed by atoms with van der Waals surface area (Å²) >= 11 is 5.90. The minimum absolute atomic E-state index is 0.0274. The first kappa shape index (κ1) is 13.6. The highest BCUT2D eigenvalue weighted by molar-refractivity contribution is 6.31. The van der Waals surface area contributed by atoms with Crippen molar-refractivity contribution < 1.29 is 0 Å². The molecular weight excluding hydrogens is 262 g/mol. The van der Waals surface area contributed by atoms with Crippen LogP contribution in [0.4, 0.5) is 0 Å². The first-order chi connectivity index (χ1) is 9.13. The number of aromatic amines is 1. The number of nitrogens with one attached hydrogen (secondary N) is 2. The van der Waals surface area contributed by atoms with Crippen molar-refractivity contribution in [1.29, 1.82) is 0 Å². The molecule has 0 bridgehead atoms. The van der Waals surface area contributed by atoms with Gasteiger partial charge in [0.05, 0.1) is 23.5 Å². The number of fused-ring (bicyclic) bond motifs is 1. The average molecular weight is 276 g/mol. The van der Waals surface area contributed by atoms with Crippen LogP contribution < -0.4 is 10.9 Å². The summed E-state index contributed by atoms with van der Waals surface area (Å²) in [6.07, 6.45) is 6.19. The smallest absolute Gasteiger partial charge is 0.258 e. The molecule has 2 rings (SSSR count). The van der Waals surface area contributed by atoms with Gasteiger partial charge in [0.2, 0.25) is 0 Å². The van der Waals surface area contributed by atoms with E-state index in [1.54, 1.807) is 18.2 Å². The van der Waals surface area contributed by atoms with Gasteiger partial charge in [0.25, 0.3) is 5.56 Å². The largest absolute Gasteiger partial charge is 0.309 e. The van der Waals surface area contributed by atoms with E-state index in [2.05, 4.69) is 21.2 Å². The van der Waals surface area contributed by atoms with Crippen molar-refractivity contribution in [3.63, 3.8) is 0 Å². The molecule has 0 saturated carbocycles. The normalized spacial score (nSPS) is 12.3. The first-order valence-corrected chi connectivity index (χ1v) is 6.39. The zero-order valence-corrected chi connectivity index (χ0v) is 11.3. The van der Waals surface area contributed by atoms with Crippen LogP contribution in [0.5, 0.6) is 0 Å². The van der Waals surface area contributed by atoms with Crippen molar-refractivity contribution >= 4 is 22.5 Å². The summed E-state index contributed by atoms with van der Waals surface area (Å²) in [5, 5.41) is 4.22. The van der Waals surface area contributed by atoms with Gasteiger partial charge in [-0.15, -0.1) is 6.42 Å². The Morgan fingerprint density at radius 1 is 1.58 bits per heavy atom. The van der Waals surface area contributed by atoms with Gasteiger partial charge in [-0.05, 0) is 24.6 Å². The summed E-state index contributed by atoms with van der Waals surface area (Å²) in [7, 11) is 0. The third-order valence-corrected chi connectivity index (χ3v) is 3.08. The number of halogens is 1. The molecule has 1 heterocycles. The zero-order valence-electron chi connectivity index (χ0n) is 10.5. The molecular formula is C14H14ClN3O. The Bertz CT molecular complexity index is 687. The van der Waals surface area contributed by atoms with Crippen molar-refractivity contribution in [2.45, 2.75) is 25.9 Å². The lowest BCUT2D eigenvalue weighted by Gasteiger charge is -2.10.